The summed E-state index contributed by atoms with van der Waals surface area (Å²) in [5.41, 5.74) is 3.59. The molecule has 2 aromatic rings. The molecule has 0 fully saturated rings. The molecule has 0 bridgehead atoms. The van der Waals surface area contributed by atoms with Gasteiger partial charge in [-0.25, -0.2) is 4.39 Å². The Morgan fingerprint density at radius 3 is 2.60 bits per heavy atom. The molecular weight excluding hydrogens is 255 g/mol. The van der Waals surface area contributed by atoms with E-state index in [2.05, 4.69) is 0 Å². The molecule has 0 aromatic heterocycles. The Labute approximate surface area is 118 Å². The lowest BCUT2D eigenvalue weighted by molar-refractivity contribution is 0.190. The Kier molecular flexibility index (Phi) is 4.40. The van der Waals surface area contributed by atoms with E-state index in [0.717, 1.165) is 22.3 Å². The molecule has 2 aromatic carbocycles. The van der Waals surface area contributed by atoms with Crippen molar-refractivity contribution in [1.29, 1.82) is 0 Å². The average Bonchev–Trinajstić information content (AvgIpc) is 2.39. The van der Waals surface area contributed by atoms with Gasteiger partial charge in [0.2, 0.25) is 0 Å². The van der Waals surface area contributed by atoms with E-state index >= 15 is 0 Å². The summed E-state index contributed by atoms with van der Waals surface area (Å²) in [7, 11) is 0. The normalized spacial score (nSPS) is 12.2. The molecule has 3 heteroatoms. The van der Waals surface area contributed by atoms with Crippen molar-refractivity contribution in [3.63, 3.8) is 0 Å². The standard InChI is InChI=1S/C17H19FO2/c1-11-4-7-16(13(3)19)17(8-11)20-10-14-9-15(18)6-5-12(14)2/h4-9,13,19H,10H2,1-3H3. The van der Waals surface area contributed by atoms with E-state index in [1.54, 1.807) is 13.0 Å². The van der Waals surface area contributed by atoms with Crippen LogP contribution < -0.4 is 4.74 Å². The van der Waals surface area contributed by atoms with Gasteiger partial charge in [-0.15, -0.1) is 0 Å². The van der Waals surface area contributed by atoms with Gasteiger partial charge in [0.15, 0.2) is 0 Å². The number of ether oxygens (including phenoxy) is 1. The van der Waals surface area contributed by atoms with Gasteiger partial charge in [-0.2, -0.15) is 0 Å². The van der Waals surface area contributed by atoms with E-state index < -0.39 is 6.10 Å². The van der Waals surface area contributed by atoms with Gasteiger partial charge in [0.05, 0.1) is 6.10 Å². The molecule has 0 aliphatic rings. The fourth-order valence-corrected chi connectivity index (χ4v) is 2.06. The maximum absolute atomic E-state index is 13.2. The predicted octanol–water partition coefficient (Wildman–Crippen LogP) is 4.07. The van der Waals surface area contributed by atoms with Crippen LogP contribution in [0.5, 0.6) is 5.75 Å². The number of benzene rings is 2. The third kappa shape index (κ3) is 3.36. The number of rotatable bonds is 4. The molecule has 2 nitrogen and oxygen atoms in total. The second kappa shape index (κ2) is 6.06. The van der Waals surface area contributed by atoms with Gasteiger partial charge in [-0.1, -0.05) is 18.2 Å². The van der Waals surface area contributed by atoms with E-state index in [1.165, 1.54) is 12.1 Å². The van der Waals surface area contributed by atoms with Crippen LogP contribution in [0.2, 0.25) is 0 Å². The zero-order valence-corrected chi connectivity index (χ0v) is 12.0. The molecule has 0 radical (unpaired) electrons. The maximum atomic E-state index is 13.2. The van der Waals surface area contributed by atoms with Crippen LogP contribution in [0.15, 0.2) is 36.4 Å². The number of aryl methyl sites for hydroxylation is 2. The van der Waals surface area contributed by atoms with E-state index in [-0.39, 0.29) is 12.4 Å². The van der Waals surface area contributed by atoms with Gasteiger partial charge in [-0.3, -0.25) is 0 Å². The summed E-state index contributed by atoms with van der Waals surface area (Å²) in [6.07, 6.45) is -0.598. The van der Waals surface area contributed by atoms with Crippen LogP contribution in [0.3, 0.4) is 0 Å². The number of halogens is 1. The molecule has 0 saturated carbocycles. The minimum absolute atomic E-state index is 0.269. The Bertz CT molecular complexity index is 606. The SMILES string of the molecule is Cc1ccc(C(C)O)c(OCc2cc(F)ccc2C)c1. The largest absolute Gasteiger partial charge is 0.489 e. The molecule has 2 rings (SSSR count). The summed E-state index contributed by atoms with van der Waals surface area (Å²) >= 11 is 0. The molecule has 0 spiro atoms. The first kappa shape index (κ1) is 14.5. The molecule has 0 saturated heterocycles. The minimum Gasteiger partial charge on any atom is -0.489 e. The summed E-state index contributed by atoms with van der Waals surface area (Å²) in [5, 5.41) is 9.75. The monoisotopic (exact) mass is 274 g/mol. The van der Waals surface area contributed by atoms with Crippen LogP contribution in [-0.2, 0) is 6.61 Å². The fourth-order valence-electron chi connectivity index (χ4n) is 2.06. The molecule has 0 amide bonds. The van der Waals surface area contributed by atoms with E-state index in [1.807, 2.05) is 32.0 Å². The van der Waals surface area contributed by atoms with Crippen molar-refractivity contribution in [2.24, 2.45) is 0 Å². The first-order valence-corrected chi connectivity index (χ1v) is 6.64. The zero-order valence-electron chi connectivity index (χ0n) is 12.0. The molecule has 0 aliphatic carbocycles. The zero-order chi connectivity index (χ0) is 14.7. The Morgan fingerprint density at radius 1 is 1.15 bits per heavy atom. The summed E-state index contributed by atoms with van der Waals surface area (Å²) in [6, 6.07) is 10.3. The molecular formula is C17H19FO2. The molecule has 1 N–H and O–H groups in total. The molecule has 1 atom stereocenters. The fraction of sp³-hybridized carbons (Fsp3) is 0.294. The number of aliphatic hydroxyl groups is 1. The smallest absolute Gasteiger partial charge is 0.125 e. The van der Waals surface area contributed by atoms with Crippen molar-refractivity contribution in [3.05, 3.63) is 64.5 Å². The number of hydrogen-bond donors (Lipinski definition) is 1. The molecule has 20 heavy (non-hydrogen) atoms. The Hall–Kier alpha value is -1.87. The molecule has 1 unspecified atom stereocenters. The van der Waals surface area contributed by atoms with Crippen LogP contribution in [0.25, 0.3) is 0 Å². The second-order valence-corrected chi connectivity index (χ2v) is 5.08. The van der Waals surface area contributed by atoms with Gasteiger partial charge in [0.1, 0.15) is 18.2 Å². The van der Waals surface area contributed by atoms with Gasteiger partial charge in [-0.05, 0) is 55.7 Å². The quantitative estimate of drug-likeness (QED) is 0.910. The summed E-state index contributed by atoms with van der Waals surface area (Å²) in [4.78, 5) is 0. The van der Waals surface area contributed by atoms with Crippen molar-refractivity contribution in [1.82, 2.24) is 0 Å². The van der Waals surface area contributed by atoms with Gasteiger partial charge >= 0.3 is 0 Å². The lowest BCUT2D eigenvalue weighted by Crippen LogP contribution is -2.03. The van der Waals surface area contributed by atoms with E-state index in [4.69, 9.17) is 4.74 Å². The van der Waals surface area contributed by atoms with Crippen LogP contribution in [0.4, 0.5) is 4.39 Å². The van der Waals surface area contributed by atoms with Crippen molar-refractivity contribution >= 4 is 0 Å². The highest BCUT2D eigenvalue weighted by molar-refractivity contribution is 5.39. The topological polar surface area (TPSA) is 29.5 Å². The number of aliphatic hydroxyl groups excluding tert-OH is 1. The summed E-state index contributed by atoms with van der Waals surface area (Å²) in [6.45, 7) is 5.87. The van der Waals surface area contributed by atoms with E-state index in [9.17, 15) is 9.50 Å². The Morgan fingerprint density at radius 2 is 1.90 bits per heavy atom. The van der Waals surface area contributed by atoms with Crippen LogP contribution >= 0.6 is 0 Å². The van der Waals surface area contributed by atoms with Gasteiger partial charge in [0, 0.05) is 5.56 Å². The summed E-state index contributed by atoms with van der Waals surface area (Å²) < 4.78 is 19.0. The van der Waals surface area contributed by atoms with Crippen molar-refractivity contribution in [2.45, 2.75) is 33.5 Å². The minimum atomic E-state index is -0.598. The van der Waals surface area contributed by atoms with Gasteiger partial charge in [0.25, 0.3) is 0 Å². The summed E-state index contributed by atoms with van der Waals surface area (Å²) in [5.74, 6) is 0.373. The first-order chi connectivity index (χ1) is 9.47. The third-order valence-corrected chi connectivity index (χ3v) is 3.31. The van der Waals surface area contributed by atoms with Crippen LogP contribution in [-0.4, -0.2) is 5.11 Å². The van der Waals surface area contributed by atoms with Crippen molar-refractivity contribution in [2.75, 3.05) is 0 Å². The Balaban J connectivity index is 2.22. The number of hydrogen-bond acceptors (Lipinski definition) is 2. The van der Waals surface area contributed by atoms with Crippen molar-refractivity contribution in [3.8, 4) is 5.75 Å². The highest BCUT2D eigenvalue weighted by Gasteiger charge is 2.10. The lowest BCUT2D eigenvalue weighted by Gasteiger charge is -2.15. The van der Waals surface area contributed by atoms with Gasteiger partial charge < -0.3 is 9.84 Å². The highest BCUT2D eigenvalue weighted by atomic mass is 19.1. The molecule has 106 valence electrons. The second-order valence-electron chi connectivity index (χ2n) is 5.08. The molecule has 0 heterocycles. The maximum Gasteiger partial charge on any atom is 0.125 e. The van der Waals surface area contributed by atoms with Crippen LogP contribution in [0.1, 0.15) is 35.3 Å². The lowest BCUT2D eigenvalue weighted by atomic mass is 10.1. The average molecular weight is 274 g/mol. The molecule has 0 aliphatic heterocycles. The highest BCUT2D eigenvalue weighted by Crippen LogP contribution is 2.27. The first-order valence-electron chi connectivity index (χ1n) is 6.64. The predicted molar refractivity (Wildman–Crippen MR) is 77.3 cm³/mol. The van der Waals surface area contributed by atoms with Crippen LogP contribution in [0, 0.1) is 19.7 Å². The van der Waals surface area contributed by atoms with Crippen molar-refractivity contribution < 1.29 is 14.2 Å². The third-order valence-electron chi connectivity index (χ3n) is 3.31. The van der Waals surface area contributed by atoms with E-state index in [0.29, 0.717) is 5.75 Å².